The number of ether oxygens (including phenoxy) is 1. The lowest BCUT2D eigenvalue weighted by molar-refractivity contribution is -0.116. The Labute approximate surface area is 138 Å². The maximum absolute atomic E-state index is 11.9. The number of aryl methyl sites for hydroxylation is 1. The maximum atomic E-state index is 11.9. The molecule has 0 bridgehead atoms. The van der Waals surface area contributed by atoms with Gasteiger partial charge in [0.05, 0.1) is 12.3 Å². The Balaban J connectivity index is 1.71. The van der Waals surface area contributed by atoms with Crippen LogP contribution in [0.5, 0.6) is 5.75 Å². The summed E-state index contributed by atoms with van der Waals surface area (Å²) >= 11 is 2.21. The first kappa shape index (κ1) is 15.8. The average molecular weight is 395 g/mol. The van der Waals surface area contributed by atoms with Crippen LogP contribution < -0.4 is 10.1 Å². The van der Waals surface area contributed by atoms with Crippen LogP contribution in [0.2, 0.25) is 0 Å². The first-order chi connectivity index (χ1) is 10.1. The number of nitrogens with one attached hydrogen (secondary N) is 1. The van der Waals surface area contributed by atoms with Crippen LogP contribution in [0.15, 0.2) is 48.5 Å². The number of rotatable bonds is 6. The van der Waals surface area contributed by atoms with Gasteiger partial charge in [0.2, 0.25) is 5.91 Å². The molecule has 21 heavy (non-hydrogen) atoms. The highest BCUT2D eigenvalue weighted by Crippen LogP contribution is 2.17. The fourth-order valence-electron chi connectivity index (χ4n) is 1.90. The molecule has 0 fully saturated rings. The summed E-state index contributed by atoms with van der Waals surface area (Å²) in [7, 11) is 0. The van der Waals surface area contributed by atoms with E-state index in [-0.39, 0.29) is 5.91 Å². The molecule has 0 aliphatic carbocycles. The van der Waals surface area contributed by atoms with Gasteiger partial charge in [-0.15, -0.1) is 0 Å². The SMILES string of the molecule is Cc1cccc(OCCCC(=O)Nc2ccccc2I)c1. The molecular formula is C17H18INO2. The quantitative estimate of drug-likeness (QED) is 0.582. The minimum Gasteiger partial charge on any atom is -0.494 e. The molecule has 0 saturated heterocycles. The molecule has 0 aromatic heterocycles. The van der Waals surface area contributed by atoms with Crippen molar-refractivity contribution in [3.05, 3.63) is 57.7 Å². The summed E-state index contributed by atoms with van der Waals surface area (Å²) in [6.07, 6.45) is 1.15. The van der Waals surface area contributed by atoms with Crippen LogP contribution in [0.3, 0.4) is 0 Å². The van der Waals surface area contributed by atoms with Crippen LogP contribution >= 0.6 is 22.6 Å². The van der Waals surface area contributed by atoms with Crippen molar-refractivity contribution in [3.8, 4) is 5.75 Å². The van der Waals surface area contributed by atoms with Gasteiger partial charge in [0.25, 0.3) is 0 Å². The lowest BCUT2D eigenvalue weighted by atomic mass is 10.2. The predicted molar refractivity (Wildman–Crippen MR) is 93.7 cm³/mol. The summed E-state index contributed by atoms with van der Waals surface area (Å²) in [5, 5.41) is 2.92. The summed E-state index contributed by atoms with van der Waals surface area (Å²) < 4.78 is 6.67. The number of anilines is 1. The minimum absolute atomic E-state index is 0.0203. The van der Waals surface area contributed by atoms with E-state index >= 15 is 0 Å². The van der Waals surface area contributed by atoms with E-state index in [0.29, 0.717) is 19.4 Å². The van der Waals surface area contributed by atoms with Gasteiger partial charge in [-0.05, 0) is 65.8 Å². The third-order valence-corrected chi connectivity index (χ3v) is 3.90. The van der Waals surface area contributed by atoms with Crippen LogP contribution in [0.25, 0.3) is 0 Å². The van der Waals surface area contributed by atoms with Gasteiger partial charge >= 0.3 is 0 Å². The Morgan fingerprint density at radius 2 is 2.00 bits per heavy atom. The number of hydrogen-bond acceptors (Lipinski definition) is 2. The van der Waals surface area contributed by atoms with E-state index in [1.807, 2.05) is 55.5 Å². The molecule has 0 spiro atoms. The highest BCUT2D eigenvalue weighted by atomic mass is 127. The molecule has 0 aliphatic rings. The summed E-state index contributed by atoms with van der Waals surface area (Å²) in [5.74, 6) is 0.875. The summed E-state index contributed by atoms with van der Waals surface area (Å²) in [6.45, 7) is 2.57. The number of para-hydroxylation sites is 1. The Morgan fingerprint density at radius 1 is 1.19 bits per heavy atom. The number of halogens is 1. The second kappa shape index (κ2) is 8.02. The molecule has 2 aromatic carbocycles. The Morgan fingerprint density at radius 3 is 2.76 bits per heavy atom. The Hall–Kier alpha value is -1.56. The molecule has 0 unspecified atom stereocenters. The van der Waals surface area contributed by atoms with Gasteiger partial charge in [-0.1, -0.05) is 24.3 Å². The van der Waals surface area contributed by atoms with Crippen LogP contribution in [0, 0.1) is 10.5 Å². The monoisotopic (exact) mass is 395 g/mol. The highest BCUT2D eigenvalue weighted by molar-refractivity contribution is 14.1. The summed E-state index contributed by atoms with van der Waals surface area (Å²) in [5.41, 5.74) is 2.03. The van der Waals surface area contributed by atoms with E-state index in [1.165, 1.54) is 5.56 Å². The molecule has 4 heteroatoms. The highest BCUT2D eigenvalue weighted by Gasteiger charge is 2.05. The number of carbonyl (C=O) groups is 1. The molecule has 3 nitrogen and oxygen atoms in total. The van der Waals surface area contributed by atoms with Crippen LogP contribution in [0.4, 0.5) is 5.69 Å². The maximum Gasteiger partial charge on any atom is 0.224 e. The van der Waals surface area contributed by atoms with Crippen molar-refractivity contribution in [2.75, 3.05) is 11.9 Å². The predicted octanol–water partition coefficient (Wildman–Crippen LogP) is 4.40. The van der Waals surface area contributed by atoms with E-state index in [4.69, 9.17) is 4.74 Å². The molecule has 0 saturated carbocycles. The van der Waals surface area contributed by atoms with E-state index in [0.717, 1.165) is 15.0 Å². The van der Waals surface area contributed by atoms with Crippen molar-refractivity contribution in [1.82, 2.24) is 0 Å². The number of carbonyl (C=O) groups excluding carboxylic acids is 1. The second-order valence-corrected chi connectivity index (χ2v) is 5.96. The van der Waals surface area contributed by atoms with Crippen molar-refractivity contribution in [3.63, 3.8) is 0 Å². The van der Waals surface area contributed by atoms with Crippen molar-refractivity contribution < 1.29 is 9.53 Å². The molecular weight excluding hydrogens is 377 g/mol. The molecule has 1 amide bonds. The zero-order chi connectivity index (χ0) is 15.1. The third kappa shape index (κ3) is 5.38. The van der Waals surface area contributed by atoms with Gasteiger partial charge in [-0.3, -0.25) is 4.79 Å². The lowest BCUT2D eigenvalue weighted by Crippen LogP contribution is -2.13. The first-order valence-electron chi connectivity index (χ1n) is 6.89. The van der Waals surface area contributed by atoms with Gasteiger partial charge in [-0.25, -0.2) is 0 Å². The normalized spacial score (nSPS) is 10.2. The van der Waals surface area contributed by atoms with E-state index in [9.17, 15) is 4.79 Å². The van der Waals surface area contributed by atoms with Gasteiger partial charge in [0.15, 0.2) is 0 Å². The Bertz CT molecular complexity index is 613. The van der Waals surface area contributed by atoms with Crippen LogP contribution in [0.1, 0.15) is 18.4 Å². The average Bonchev–Trinajstić information content (AvgIpc) is 2.46. The molecule has 2 aromatic rings. The molecule has 2 rings (SSSR count). The van der Waals surface area contributed by atoms with Crippen molar-refractivity contribution in [2.45, 2.75) is 19.8 Å². The molecule has 0 radical (unpaired) electrons. The van der Waals surface area contributed by atoms with E-state index in [1.54, 1.807) is 0 Å². The molecule has 0 heterocycles. The summed E-state index contributed by atoms with van der Waals surface area (Å²) in [6, 6.07) is 15.7. The number of benzene rings is 2. The van der Waals surface area contributed by atoms with Gasteiger partial charge in [0.1, 0.15) is 5.75 Å². The third-order valence-electron chi connectivity index (χ3n) is 2.95. The Kier molecular flexibility index (Phi) is 6.04. The summed E-state index contributed by atoms with van der Waals surface area (Å²) in [4.78, 5) is 11.9. The van der Waals surface area contributed by atoms with Crippen molar-refractivity contribution in [2.24, 2.45) is 0 Å². The molecule has 0 aliphatic heterocycles. The smallest absolute Gasteiger partial charge is 0.224 e. The fraction of sp³-hybridized carbons (Fsp3) is 0.235. The van der Waals surface area contributed by atoms with Crippen LogP contribution in [-0.2, 0) is 4.79 Å². The van der Waals surface area contributed by atoms with Gasteiger partial charge in [-0.2, -0.15) is 0 Å². The minimum atomic E-state index is 0.0203. The standard InChI is InChI=1S/C17H18INO2/c1-13-6-4-7-14(12-13)21-11-5-10-17(20)19-16-9-3-2-8-15(16)18/h2-4,6-9,12H,5,10-11H2,1H3,(H,19,20). The van der Waals surface area contributed by atoms with Gasteiger partial charge < -0.3 is 10.1 Å². The largest absolute Gasteiger partial charge is 0.494 e. The fourth-order valence-corrected chi connectivity index (χ4v) is 2.43. The lowest BCUT2D eigenvalue weighted by Gasteiger charge is -2.08. The molecule has 1 N–H and O–H groups in total. The number of amides is 1. The van der Waals surface area contributed by atoms with E-state index < -0.39 is 0 Å². The second-order valence-electron chi connectivity index (χ2n) is 4.80. The van der Waals surface area contributed by atoms with E-state index in [2.05, 4.69) is 27.9 Å². The van der Waals surface area contributed by atoms with Crippen LogP contribution in [-0.4, -0.2) is 12.5 Å². The molecule has 110 valence electrons. The zero-order valence-corrected chi connectivity index (χ0v) is 14.1. The first-order valence-corrected chi connectivity index (χ1v) is 7.97. The van der Waals surface area contributed by atoms with Crippen molar-refractivity contribution >= 4 is 34.2 Å². The zero-order valence-electron chi connectivity index (χ0n) is 11.9. The van der Waals surface area contributed by atoms with Crippen molar-refractivity contribution in [1.29, 1.82) is 0 Å². The topological polar surface area (TPSA) is 38.3 Å². The molecule has 0 atom stereocenters. The van der Waals surface area contributed by atoms with Gasteiger partial charge in [0, 0.05) is 9.99 Å². The number of hydrogen-bond donors (Lipinski definition) is 1.